The summed E-state index contributed by atoms with van der Waals surface area (Å²) in [5.41, 5.74) is 1.87. The predicted molar refractivity (Wildman–Crippen MR) is 82.4 cm³/mol. The number of halogens is 1. The van der Waals surface area contributed by atoms with Crippen LogP contribution in [0.4, 0.5) is 4.39 Å². The van der Waals surface area contributed by atoms with Gasteiger partial charge in [0.15, 0.2) is 0 Å². The van der Waals surface area contributed by atoms with Gasteiger partial charge < -0.3 is 5.32 Å². The molecular weight excluding hydrogens is 251 g/mol. The quantitative estimate of drug-likeness (QED) is 0.886. The molecule has 3 heteroatoms. The van der Waals surface area contributed by atoms with Crippen LogP contribution < -0.4 is 5.32 Å². The summed E-state index contributed by atoms with van der Waals surface area (Å²) in [4.78, 5) is 2.44. The number of benzene rings is 1. The average molecular weight is 278 g/mol. The van der Waals surface area contributed by atoms with Gasteiger partial charge >= 0.3 is 0 Å². The summed E-state index contributed by atoms with van der Waals surface area (Å²) < 4.78 is 14.3. The number of hydrogen-bond donors (Lipinski definition) is 1. The van der Waals surface area contributed by atoms with Crippen LogP contribution in [0.15, 0.2) is 18.2 Å². The van der Waals surface area contributed by atoms with E-state index in [0.29, 0.717) is 5.92 Å². The van der Waals surface area contributed by atoms with Crippen molar-refractivity contribution in [3.05, 3.63) is 35.1 Å². The van der Waals surface area contributed by atoms with Gasteiger partial charge in [0.1, 0.15) is 5.82 Å². The summed E-state index contributed by atoms with van der Waals surface area (Å²) >= 11 is 0. The molecule has 112 valence electrons. The number of nitrogens with zero attached hydrogens (tertiary/aromatic N) is 1. The Kier molecular flexibility index (Phi) is 5.55. The SMILES string of the molecule is Cc1ccc([C@@H](CCC(C)C)N2CCNCC2)c(F)c1. The Morgan fingerprint density at radius 2 is 1.90 bits per heavy atom. The zero-order chi connectivity index (χ0) is 14.5. The summed E-state index contributed by atoms with van der Waals surface area (Å²) in [5.74, 6) is 0.617. The van der Waals surface area contributed by atoms with Gasteiger partial charge in [0.05, 0.1) is 0 Å². The number of aryl methyl sites for hydroxylation is 1. The summed E-state index contributed by atoms with van der Waals surface area (Å²) in [5, 5.41) is 3.37. The molecule has 20 heavy (non-hydrogen) atoms. The summed E-state index contributed by atoms with van der Waals surface area (Å²) in [7, 11) is 0. The predicted octanol–water partition coefficient (Wildman–Crippen LogP) is 3.52. The van der Waals surface area contributed by atoms with E-state index in [4.69, 9.17) is 0 Å². The maximum Gasteiger partial charge on any atom is 0.128 e. The number of rotatable bonds is 5. The highest BCUT2D eigenvalue weighted by atomic mass is 19.1. The van der Waals surface area contributed by atoms with Crippen molar-refractivity contribution in [1.82, 2.24) is 10.2 Å². The molecule has 2 rings (SSSR count). The second-order valence-electron chi connectivity index (χ2n) is 6.30. The van der Waals surface area contributed by atoms with E-state index in [2.05, 4.69) is 24.1 Å². The maximum atomic E-state index is 14.3. The zero-order valence-corrected chi connectivity index (χ0v) is 13.0. The van der Waals surface area contributed by atoms with E-state index in [1.54, 1.807) is 6.07 Å². The molecule has 1 fully saturated rings. The van der Waals surface area contributed by atoms with Crippen LogP contribution in [0.25, 0.3) is 0 Å². The molecule has 1 aliphatic rings. The normalized spacial score (nSPS) is 18.4. The highest BCUT2D eigenvalue weighted by molar-refractivity contribution is 5.26. The van der Waals surface area contributed by atoms with Crippen molar-refractivity contribution >= 4 is 0 Å². The lowest BCUT2D eigenvalue weighted by Crippen LogP contribution is -2.45. The first-order chi connectivity index (χ1) is 9.58. The van der Waals surface area contributed by atoms with Crippen molar-refractivity contribution in [1.29, 1.82) is 0 Å². The van der Waals surface area contributed by atoms with Gasteiger partial charge in [0.25, 0.3) is 0 Å². The molecule has 0 amide bonds. The van der Waals surface area contributed by atoms with Crippen LogP contribution in [0.3, 0.4) is 0 Å². The molecular formula is C17H27FN2. The Morgan fingerprint density at radius 3 is 2.50 bits per heavy atom. The average Bonchev–Trinajstić information content (AvgIpc) is 2.42. The van der Waals surface area contributed by atoms with Crippen LogP contribution >= 0.6 is 0 Å². The number of nitrogens with one attached hydrogen (secondary N) is 1. The first kappa shape index (κ1) is 15.5. The van der Waals surface area contributed by atoms with Gasteiger partial charge in [-0.25, -0.2) is 4.39 Å². The molecule has 0 aliphatic carbocycles. The van der Waals surface area contributed by atoms with Gasteiger partial charge in [-0.3, -0.25) is 4.90 Å². The third-order valence-electron chi connectivity index (χ3n) is 4.12. The minimum absolute atomic E-state index is 0.0442. The van der Waals surface area contributed by atoms with Crippen molar-refractivity contribution < 1.29 is 4.39 Å². The van der Waals surface area contributed by atoms with Crippen LogP contribution in [0.5, 0.6) is 0 Å². The largest absolute Gasteiger partial charge is 0.314 e. The van der Waals surface area contributed by atoms with Crippen molar-refractivity contribution in [3.63, 3.8) is 0 Å². The highest BCUT2D eigenvalue weighted by Crippen LogP contribution is 2.30. The van der Waals surface area contributed by atoms with E-state index in [0.717, 1.165) is 50.1 Å². The molecule has 0 radical (unpaired) electrons. The van der Waals surface area contributed by atoms with Crippen LogP contribution in [0.2, 0.25) is 0 Å². The van der Waals surface area contributed by atoms with Crippen LogP contribution in [-0.4, -0.2) is 31.1 Å². The lowest BCUT2D eigenvalue weighted by atomic mass is 9.94. The van der Waals surface area contributed by atoms with Crippen molar-refractivity contribution in [2.45, 2.75) is 39.7 Å². The van der Waals surface area contributed by atoms with E-state index in [-0.39, 0.29) is 11.9 Å². The third-order valence-corrected chi connectivity index (χ3v) is 4.12. The molecule has 0 spiro atoms. The minimum Gasteiger partial charge on any atom is -0.314 e. The topological polar surface area (TPSA) is 15.3 Å². The molecule has 1 aliphatic heterocycles. The highest BCUT2D eigenvalue weighted by Gasteiger charge is 2.24. The molecule has 1 N–H and O–H groups in total. The monoisotopic (exact) mass is 278 g/mol. The molecule has 1 atom stereocenters. The Hall–Kier alpha value is -0.930. The minimum atomic E-state index is -0.0442. The second-order valence-corrected chi connectivity index (χ2v) is 6.30. The fourth-order valence-corrected chi connectivity index (χ4v) is 2.92. The Balaban J connectivity index is 2.19. The molecule has 1 aromatic rings. The van der Waals surface area contributed by atoms with Gasteiger partial charge in [0, 0.05) is 37.8 Å². The van der Waals surface area contributed by atoms with Gasteiger partial charge in [-0.15, -0.1) is 0 Å². The van der Waals surface area contributed by atoms with Crippen molar-refractivity contribution in [3.8, 4) is 0 Å². The molecule has 1 heterocycles. The van der Waals surface area contributed by atoms with Gasteiger partial charge in [-0.2, -0.15) is 0 Å². The Labute approximate surface area is 122 Å². The molecule has 1 aromatic carbocycles. The summed E-state index contributed by atoms with van der Waals surface area (Å²) in [6.07, 6.45) is 2.18. The van der Waals surface area contributed by atoms with Crippen LogP contribution in [0, 0.1) is 18.7 Å². The maximum absolute atomic E-state index is 14.3. The van der Waals surface area contributed by atoms with Crippen molar-refractivity contribution in [2.24, 2.45) is 5.92 Å². The fourth-order valence-electron chi connectivity index (χ4n) is 2.92. The lowest BCUT2D eigenvalue weighted by Gasteiger charge is -2.36. The van der Waals surface area contributed by atoms with E-state index >= 15 is 0 Å². The molecule has 0 aromatic heterocycles. The van der Waals surface area contributed by atoms with Crippen LogP contribution in [0.1, 0.15) is 43.9 Å². The first-order valence-corrected chi connectivity index (χ1v) is 7.78. The zero-order valence-electron chi connectivity index (χ0n) is 13.0. The van der Waals surface area contributed by atoms with E-state index in [1.165, 1.54) is 0 Å². The molecule has 0 unspecified atom stereocenters. The molecule has 1 saturated heterocycles. The first-order valence-electron chi connectivity index (χ1n) is 7.78. The summed E-state index contributed by atoms with van der Waals surface area (Å²) in [6.45, 7) is 10.4. The lowest BCUT2D eigenvalue weighted by molar-refractivity contribution is 0.156. The Morgan fingerprint density at radius 1 is 1.20 bits per heavy atom. The number of piperazine rings is 1. The van der Waals surface area contributed by atoms with Gasteiger partial charge in [-0.05, 0) is 37.3 Å². The summed E-state index contributed by atoms with van der Waals surface area (Å²) in [6, 6.07) is 5.90. The second kappa shape index (κ2) is 7.19. The van der Waals surface area contributed by atoms with Gasteiger partial charge in [0.2, 0.25) is 0 Å². The third kappa shape index (κ3) is 4.03. The van der Waals surface area contributed by atoms with E-state index in [9.17, 15) is 4.39 Å². The standard InChI is InChI=1S/C17H27FN2/c1-13(2)4-7-17(20-10-8-19-9-11-20)15-6-5-14(3)12-16(15)18/h5-6,12-13,17,19H,4,7-11H2,1-3H3/t17-/m1/s1. The molecule has 0 bridgehead atoms. The molecule has 2 nitrogen and oxygen atoms in total. The van der Waals surface area contributed by atoms with Crippen LogP contribution in [-0.2, 0) is 0 Å². The number of hydrogen-bond acceptors (Lipinski definition) is 2. The fraction of sp³-hybridized carbons (Fsp3) is 0.647. The van der Waals surface area contributed by atoms with Gasteiger partial charge in [-0.1, -0.05) is 26.0 Å². The van der Waals surface area contributed by atoms with Crippen molar-refractivity contribution in [2.75, 3.05) is 26.2 Å². The van der Waals surface area contributed by atoms with E-state index in [1.807, 2.05) is 19.1 Å². The smallest absolute Gasteiger partial charge is 0.128 e. The van der Waals surface area contributed by atoms with E-state index < -0.39 is 0 Å². The Bertz CT molecular complexity index is 425. The molecule has 0 saturated carbocycles.